The van der Waals surface area contributed by atoms with Gasteiger partial charge in [0, 0.05) is 36.0 Å². The number of carbonyl (C=O) groups is 2. The molecule has 0 N–H and O–H groups in total. The first-order chi connectivity index (χ1) is 16.0. The van der Waals surface area contributed by atoms with Crippen LogP contribution in [0.5, 0.6) is 17.2 Å². The number of ketones is 1. The minimum atomic E-state index is -0.111. The molecule has 3 heterocycles. The van der Waals surface area contributed by atoms with Crippen LogP contribution in [0.25, 0.3) is 10.9 Å². The highest BCUT2D eigenvalue weighted by atomic mass is 16.6. The fraction of sp³-hybridized carbons (Fsp3) is 0.346. The van der Waals surface area contributed by atoms with E-state index in [1.807, 2.05) is 36.1 Å². The lowest BCUT2D eigenvalue weighted by Crippen LogP contribution is -2.40. The molecule has 0 bridgehead atoms. The van der Waals surface area contributed by atoms with Gasteiger partial charge < -0.3 is 19.1 Å². The van der Waals surface area contributed by atoms with E-state index in [0.29, 0.717) is 67.5 Å². The molecule has 2 aliphatic rings. The van der Waals surface area contributed by atoms with Crippen molar-refractivity contribution in [1.82, 2.24) is 9.88 Å². The number of fused-ring (bicyclic) bond motifs is 2. The van der Waals surface area contributed by atoms with Crippen molar-refractivity contribution in [3.05, 3.63) is 59.3 Å². The van der Waals surface area contributed by atoms with Crippen LogP contribution in [0.4, 0.5) is 0 Å². The molecule has 0 radical (unpaired) electrons. The van der Waals surface area contributed by atoms with Gasteiger partial charge in [-0.05, 0) is 56.2 Å². The number of methoxy groups -OCH3 is 1. The summed E-state index contributed by atoms with van der Waals surface area (Å²) in [7, 11) is 1.62. The van der Waals surface area contributed by atoms with Crippen LogP contribution in [-0.4, -0.2) is 55.0 Å². The Labute approximate surface area is 192 Å². The molecule has 7 heteroatoms. The van der Waals surface area contributed by atoms with Gasteiger partial charge in [0.2, 0.25) is 0 Å². The lowest BCUT2D eigenvalue weighted by atomic mass is 9.88. The van der Waals surface area contributed by atoms with Gasteiger partial charge in [-0.2, -0.15) is 0 Å². The third-order valence-corrected chi connectivity index (χ3v) is 6.43. The second kappa shape index (κ2) is 8.73. The van der Waals surface area contributed by atoms with Gasteiger partial charge in [0.1, 0.15) is 19.0 Å². The third kappa shape index (κ3) is 4.11. The molecule has 1 saturated heterocycles. The molecule has 1 fully saturated rings. The predicted molar refractivity (Wildman–Crippen MR) is 123 cm³/mol. The number of hydrogen-bond acceptors (Lipinski definition) is 6. The molecule has 2 aromatic carbocycles. The fourth-order valence-corrected chi connectivity index (χ4v) is 4.53. The lowest BCUT2D eigenvalue weighted by molar-refractivity contribution is 0.0649. The van der Waals surface area contributed by atoms with E-state index < -0.39 is 0 Å². The molecule has 1 amide bonds. The largest absolute Gasteiger partial charge is 0.497 e. The zero-order valence-electron chi connectivity index (χ0n) is 18.8. The molecular formula is C26H26N2O5. The van der Waals surface area contributed by atoms with E-state index in [1.54, 1.807) is 25.3 Å². The van der Waals surface area contributed by atoms with Gasteiger partial charge in [-0.25, -0.2) is 0 Å². The quantitative estimate of drug-likeness (QED) is 0.563. The molecule has 0 saturated carbocycles. The van der Waals surface area contributed by atoms with Crippen molar-refractivity contribution in [2.24, 2.45) is 5.92 Å². The average molecular weight is 447 g/mol. The van der Waals surface area contributed by atoms with Crippen molar-refractivity contribution in [1.29, 1.82) is 0 Å². The normalized spacial score (nSPS) is 16.0. The van der Waals surface area contributed by atoms with Crippen LogP contribution in [0.1, 0.15) is 39.3 Å². The maximum atomic E-state index is 13.2. The van der Waals surface area contributed by atoms with Crippen molar-refractivity contribution in [2.75, 3.05) is 33.4 Å². The first-order valence-corrected chi connectivity index (χ1v) is 11.2. The highest BCUT2D eigenvalue weighted by molar-refractivity contribution is 6.00. The number of piperidine rings is 1. The predicted octanol–water partition coefficient (Wildman–Crippen LogP) is 4.06. The maximum absolute atomic E-state index is 13.2. The van der Waals surface area contributed by atoms with E-state index in [-0.39, 0.29) is 17.6 Å². The molecule has 0 atom stereocenters. The van der Waals surface area contributed by atoms with Gasteiger partial charge in [-0.3, -0.25) is 14.6 Å². The number of aromatic nitrogens is 1. The van der Waals surface area contributed by atoms with Crippen molar-refractivity contribution in [3.8, 4) is 17.2 Å². The van der Waals surface area contributed by atoms with Crippen LogP contribution in [0.2, 0.25) is 0 Å². The molecule has 0 spiro atoms. The third-order valence-electron chi connectivity index (χ3n) is 6.43. The van der Waals surface area contributed by atoms with Crippen molar-refractivity contribution < 1.29 is 23.8 Å². The van der Waals surface area contributed by atoms with Crippen LogP contribution < -0.4 is 14.2 Å². The molecule has 33 heavy (non-hydrogen) atoms. The molecule has 170 valence electrons. The lowest BCUT2D eigenvalue weighted by Gasteiger charge is -2.32. The smallest absolute Gasteiger partial charge is 0.255 e. The Morgan fingerprint density at radius 2 is 1.76 bits per heavy atom. The molecule has 0 aliphatic carbocycles. The summed E-state index contributed by atoms with van der Waals surface area (Å²) in [4.78, 5) is 32.7. The minimum Gasteiger partial charge on any atom is -0.497 e. The second-order valence-corrected chi connectivity index (χ2v) is 8.47. The zero-order chi connectivity index (χ0) is 22.9. The summed E-state index contributed by atoms with van der Waals surface area (Å²) >= 11 is 0. The summed E-state index contributed by atoms with van der Waals surface area (Å²) in [5.41, 5.74) is 2.72. The molecular weight excluding hydrogens is 420 g/mol. The van der Waals surface area contributed by atoms with Crippen LogP contribution >= 0.6 is 0 Å². The molecule has 2 aliphatic heterocycles. The molecule has 7 nitrogen and oxygen atoms in total. The van der Waals surface area contributed by atoms with E-state index in [4.69, 9.17) is 14.2 Å². The Morgan fingerprint density at radius 1 is 1.00 bits per heavy atom. The summed E-state index contributed by atoms with van der Waals surface area (Å²) in [6, 6.07) is 12.9. The Balaban J connectivity index is 1.27. The minimum absolute atomic E-state index is 0.0389. The van der Waals surface area contributed by atoms with Gasteiger partial charge in [0.25, 0.3) is 5.91 Å². The summed E-state index contributed by atoms with van der Waals surface area (Å²) in [6.07, 6.45) is 1.27. The number of hydrogen-bond donors (Lipinski definition) is 0. The van der Waals surface area contributed by atoms with Gasteiger partial charge >= 0.3 is 0 Å². The highest BCUT2D eigenvalue weighted by Gasteiger charge is 2.30. The standard InChI is InChI=1S/C26H26N2O5/c1-16-21(13-18-3-5-20(31-2)15-22(18)27-16)26(30)28-9-7-17(8-10-28)25(29)19-4-6-23-24(14-19)33-12-11-32-23/h3-6,13-15,17H,7-12H2,1-2H3. The molecule has 1 aromatic heterocycles. The summed E-state index contributed by atoms with van der Waals surface area (Å²) in [5.74, 6) is 1.98. The van der Waals surface area contributed by atoms with Crippen LogP contribution in [0.3, 0.4) is 0 Å². The number of carbonyl (C=O) groups excluding carboxylic acids is 2. The van der Waals surface area contributed by atoms with Crippen LogP contribution in [0, 0.1) is 12.8 Å². The Morgan fingerprint density at radius 3 is 2.52 bits per heavy atom. The molecule has 0 unspecified atom stereocenters. The fourth-order valence-electron chi connectivity index (χ4n) is 4.53. The van der Waals surface area contributed by atoms with Crippen LogP contribution in [0.15, 0.2) is 42.5 Å². The number of amides is 1. The summed E-state index contributed by atoms with van der Waals surface area (Å²) in [6.45, 7) is 3.94. The number of ether oxygens (including phenoxy) is 3. The van der Waals surface area contributed by atoms with Gasteiger partial charge in [-0.1, -0.05) is 0 Å². The van der Waals surface area contributed by atoms with Gasteiger partial charge in [0.15, 0.2) is 17.3 Å². The number of aryl methyl sites for hydroxylation is 1. The number of pyridine rings is 1. The van der Waals surface area contributed by atoms with E-state index in [9.17, 15) is 9.59 Å². The van der Waals surface area contributed by atoms with E-state index in [2.05, 4.69) is 4.98 Å². The van der Waals surface area contributed by atoms with Gasteiger partial charge in [0.05, 0.1) is 23.9 Å². The van der Waals surface area contributed by atoms with Crippen molar-refractivity contribution >= 4 is 22.6 Å². The monoisotopic (exact) mass is 446 g/mol. The Bertz CT molecular complexity index is 1230. The Kier molecular flexibility index (Phi) is 5.62. The number of rotatable bonds is 4. The topological polar surface area (TPSA) is 78.0 Å². The second-order valence-electron chi connectivity index (χ2n) is 8.47. The number of Topliss-reactive ketones (excluding diaryl/α,β-unsaturated/α-hetero) is 1. The first kappa shape index (κ1) is 21.2. The highest BCUT2D eigenvalue weighted by Crippen LogP contribution is 2.33. The number of likely N-dealkylation sites (tertiary alicyclic amines) is 1. The van der Waals surface area contributed by atoms with Gasteiger partial charge in [-0.15, -0.1) is 0 Å². The van der Waals surface area contributed by atoms with E-state index in [0.717, 1.165) is 16.7 Å². The summed E-state index contributed by atoms with van der Waals surface area (Å²) in [5, 5.41) is 0.897. The van der Waals surface area contributed by atoms with Crippen molar-refractivity contribution in [3.63, 3.8) is 0 Å². The Hall–Kier alpha value is -3.61. The zero-order valence-corrected chi connectivity index (χ0v) is 18.8. The number of nitrogens with zero attached hydrogens (tertiary/aromatic N) is 2. The summed E-state index contributed by atoms with van der Waals surface area (Å²) < 4.78 is 16.4. The number of benzene rings is 2. The molecule has 5 rings (SSSR count). The first-order valence-electron chi connectivity index (χ1n) is 11.2. The van der Waals surface area contributed by atoms with Crippen molar-refractivity contribution in [2.45, 2.75) is 19.8 Å². The van der Waals surface area contributed by atoms with E-state index in [1.165, 1.54) is 0 Å². The average Bonchev–Trinajstić information content (AvgIpc) is 2.87. The molecule has 3 aromatic rings. The SMILES string of the molecule is COc1ccc2cc(C(=O)N3CCC(C(=O)c4ccc5c(c4)OCCO5)CC3)c(C)nc2c1. The maximum Gasteiger partial charge on any atom is 0.255 e. The van der Waals surface area contributed by atoms with E-state index >= 15 is 0 Å². The van der Waals surface area contributed by atoms with Crippen LogP contribution in [-0.2, 0) is 0 Å².